The van der Waals surface area contributed by atoms with Crippen LogP contribution in [0, 0.1) is 0 Å². The third-order valence-electron chi connectivity index (χ3n) is 17.5. The summed E-state index contributed by atoms with van der Waals surface area (Å²) in [4.78, 5) is 24.6. The zero-order valence-electron chi connectivity index (χ0n) is 55.0. The summed E-state index contributed by atoms with van der Waals surface area (Å²) in [6.07, 6.45) is 89.9. The molecule has 81 heavy (non-hydrogen) atoms. The van der Waals surface area contributed by atoms with Crippen molar-refractivity contribution in [2.24, 2.45) is 0 Å². The van der Waals surface area contributed by atoms with Crippen LogP contribution in [-0.2, 0) is 14.3 Å². The van der Waals surface area contributed by atoms with Crippen LogP contribution < -0.4 is 5.32 Å². The SMILES string of the molecule is CCCCCCCCC/C=C\CCCCCCCC(=O)OCCCCCCCCCCCCCCCCCCCCCCCCCCCCCCCC(=O)NC(CO)C(O)/C=C/CCCCCCCCCCCCCCCCCCC. The highest BCUT2D eigenvalue weighted by atomic mass is 16.5. The summed E-state index contributed by atoms with van der Waals surface area (Å²) >= 11 is 0. The van der Waals surface area contributed by atoms with Crippen molar-refractivity contribution in [2.75, 3.05) is 13.2 Å². The van der Waals surface area contributed by atoms with Crippen molar-refractivity contribution < 1.29 is 24.5 Å². The van der Waals surface area contributed by atoms with Crippen LogP contribution in [0.25, 0.3) is 0 Å². The van der Waals surface area contributed by atoms with Gasteiger partial charge in [0.2, 0.25) is 5.91 Å². The van der Waals surface area contributed by atoms with Crippen LogP contribution in [-0.4, -0.2) is 47.4 Å². The third-order valence-corrected chi connectivity index (χ3v) is 17.5. The van der Waals surface area contributed by atoms with Crippen molar-refractivity contribution in [3.8, 4) is 0 Å². The first-order valence-corrected chi connectivity index (χ1v) is 37.1. The number of carbonyl (C=O) groups excluding carboxylic acids is 2. The van der Waals surface area contributed by atoms with Crippen molar-refractivity contribution in [1.29, 1.82) is 0 Å². The minimum Gasteiger partial charge on any atom is -0.466 e. The Morgan fingerprint density at radius 2 is 0.580 bits per heavy atom. The number of rotatable bonds is 70. The van der Waals surface area contributed by atoms with Gasteiger partial charge in [-0.05, 0) is 57.8 Å². The van der Waals surface area contributed by atoms with Crippen molar-refractivity contribution >= 4 is 11.9 Å². The van der Waals surface area contributed by atoms with Crippen molar-refractivity contribution in [2.45, 2.75) is 431 Å². The largest absolute Gasteiger partial charge is 0.466 e. The number of unbranched alkanes of at least 4 members (excludes halogenated alkanes) is 57. The Balaban J connectivity index is 3.35. The minimum absolute atomic E-state index is 0.0126. The van der Waals surface area contributed by atoms with Gasteiger partial charge < -0.3 is 20.3 Å². The van der Waals surface area contributed by atoms with E-state index in [-0.39, 0.29) is 18.5 Å². The van der Waals surface area contributed by atoms with E-state index in [4.69, 9.17) is 4.74 Å². The molecule has 0 aromatic rings. The molecule has 0 aromatic carbocycles. The number of amides is 1. The normalized spacial score (nSPS) is 12.6. The lowest BCUT2D eigenvalue weighted by Crippen LogP contribution is -2.45. The van der Waals surface area contributed by atoms with E-state index < -0.39 is 12.1 Å². The molecule has 0 bridgehead atoms. The Morgan fingerprint density at radius 1 is 0.333 bits per heavy atom. The number of nitrogens with one attached hydrogen (secondary N) is 1. The third kappa shape index (κ3) is 67.3. The highest BCUT2D eigenvalue weighted by Gasteiger charge is 2.18. The molecule has 0 aliphatic carbocycles. The van der Waals surface area contributed by atoms with E-state index in [9.17, 15) is 19.8 Å². The summed E-state index contributed by atoms with van der Waals surface area (Å²) in [6.45, 7) is 4.94. The van der Waals surface area contributed by atoms with E-state index in [1.807, 2.05) is 6.08 Å². The summed E-state index contributed by atoms with van der Waals surface area (Å²) in [5.74, 6) is -0.0479. The lowest BCUT2D eigenvalue weighted by Gasteiger charge is -2.20. The van der Waals surface area contributed by atoms with E-state index >= 15 is 0 Å². The molecule has 0 saturated heterocycles. The van der Waals surface area contributed by atoms with Crippen LogP contribution >= 0.6 is 0 Å². The molecule has 0 fully saturated rings. The Labute approximate surface area is 507 Å². The van der Waals surface area contributed by atoms with E-state index in [1.165, 1.54) is 347 Å². The molecule has 0 radical (unpaired) electrons. The van der Waals surface area contributed by atoms with Crippen LogP contribution in [0.15, 0.2) is 24.3 Å². The van der Waals surface area contributed by atoms with Gasteiger partial charge in [0.15, 0.2) is 0 Å². The number of ether oxygens (including phenoxy) is 1. The highest BCUT2D eigenvalue weighted by Crippen LogP contribution is 2.19. The van der Waals surface area contributed by atoms with Crippen molar-refractivity contribution in [3.05, 3.63) is 24.3 Å². The van der Waals surface area contributed by atoms with Gasteiger partial charge in [-0.2, -0.15) is 0 Å². The first-order valence-electron chi connectivity index (χ1n) is 37.1. The molecule has 1 amide bonds. The quantitative estimate of drug-likeness (QED) is 0.0320. The maximum atomic E-state index is 12.5. The zero-order valence-corrected chi connectivity index (χ0v) is 55.0. The molecule has 0 rings (SSSR count). The summed E-state index contributed by atoms with van der Waals surface area (Å²) in [6, 6.07) is -0.626. The molecule has 0 aromatic heterocycles. The van der Waals surface area contributed by atoms with E-state index in [0.717, 1.165) is 44.9 Å². The van der Waals surface area contributed by atoms with Crippen LogP contribution in [0.2, 0.25) is 0 Å². The molecule has 6 heteroatoms. The first-order chi connectivity index (χ1) is 40.0. The maximum Gasteiger partial charge on any atom is 0.305 e. The fourth-order valence-corrected chi connectivity index (χ4v) is 11.8. The van der Waals surface area contributed by atoms with Gasteiger partial charge in [0, 0.05) is 12.8 Å². The first kappa shape index (κ1) is 79.3. The molecule has 0 heterocycles. The van der Waals surface area contributed by atoms with Crippen molar-refractivity contribution in [1.82, 2.24) is 5.32 Å². The average Bonchev–Trinajstić information content (AvgIpc) is 3.47. The molecule has 0 saturated carbocycles. The summed E-state index contributed by atoms with van der Waals surface area (Å²) in [5, 5.41) is 23.2. The highest BCUT2D eigenvalue weighted by molar-refractivity contribution is 5.76. The number of aliphatic hydroxyl groups excluding tert-OH is 2. The maximum absolute atomic E-state index is 12.5. The summed E-state index contributed by atoms with van der Waals surface area (Å²) in [5.41, 5.74) is 0. The molecule has 6 nitrogen and oxygen atoms in total. The van der Waals surface area contributed by atoms with Gasteiger partial charge in [0.1, 0.15) is 0 Å². The molecule has 0 spiro atoms. The summed E-state index contributed by atoms with van der Waals surface area (Å²) < 4.78 is 5.50. The topological polar surface area (TPSA) is 95.9 Å². The number of carbonyl (C=O) groups is 2. The molecule has 0 aliphatic heterocycles. The van der Waals surface area contributed by atoms with E-state index in [0.29, 0.717) is 19.4 Å². The number of hydrogen-bond donors (Lipinski definition) is 3. The standard InChI is InChI=1S/C75H145NO5/c1-3-5-7-9-11-13-15-17-19-21-33-36-39-43-47-51-55-59-63-67-73(78)72(71-77)76-74(79)68-64-60-56-52-48-44-40-37-34-31-29-27-25-23-22-24-26-28-30-32-35-38-42-46-50-54-58-62-66-70-81-75(80)69-65-61-57-53-49-45-41-20-18-16-14-12-10-8-6-4-2/h20,41,63,67,72-73,77-78H,3-19,21-40,42-62,64-66,68-71H2,1-2H3,(H,76,79)/b41-20-,67-63+. The predicted molar refractivity (Wildman–Crippen MR) is 356 cm³/mol. The van der Waals surface area contributed by atoms with E-state index in [2.05, 4.69) is 31.3 Å². The Morgan fingerprint density at radius 3 is 0.877 bits per heavy atom. The second-order valence-electron chi connectivity index (χ2n) is 25.6. The van der Waals surface area contributed by atoms with Crippen LogP contribution in [0.4, 0.5) is 0 Å². The molecule has 2 atom stereocenters. The Hall–Kier alpha value is -1.66. The van der Waals surface area contributed by atoms with Crippen LogP contribution in [0.5, 0.6) is 0 Å². The second-order valence-corrected chi connectivity index (χ2v) is 25.6. The van der Waals surface area contributed by atoms with Gasteiger partial charge in [-0.25, -0.2) is 0 Å². The minimum atomic E-state index is -0.842. The molecule has 0 aliphatic rings. The fraction of sp³-hybridized carbons (Fsp3) is 0.920. The second kappa shape index (κ2) is 70.8. The average molecular weight is 1140 g/mol. The lowest BCUT2D eigenvalue weighted by molar-refractivity contribution is -0.143. The monoisotopic (exact) mass is 1140 g/mol. The summed E-state index contributed by atoms with van der Waals surface area (Å²) in [7, 11) is 0. The predicted octanol–water partition coefficient (Wildman–Crippen LogP) is 24.1. The zero-order chi connectivity index (χ0) is 58.5. The molecule has 2 unspecified atom stereocenters. The molecular weight excluding hydrogens is 995 g/mol. The smallest absolute Gasteiger partial charge is 0.305 e. The van der Waals surface area contributed by atoms with Gasteiger partial charge in [0.25, 0.3) is 0 Å². The molecule has 3 N–H and O–H groups in total. The van der Waals surface area contributed by atoms with E-state index in [1.54, 1.807) is 6.08 Å². The Kier molecular flexibility index (Phi) is 69.4. The molecule has 480 valence electrons. The lowest BCUT2D eigenvalue weighted by atomic mass is 10.0. The Bertz CT molecular complexity index is 1270. The van der Waals surface area contributed by atoms with Crippen LogP contribution in [0.1, 0.15) is 418 Å². The van der Waals surface area contributed by atoms with Gasteiger partial charge in [0.05, 0.1) is 25.4 Å². The van der Waals surface area contributed by atoms with Crippen molar-refractivity contribution in [3.63, 3.8) is 0 Å². The number of allylic oxidation sites excluding steroid dienone is 3. The van der Waals surface area contributed by atoms with Crippen LogP contribution in [0.3, 0.4) is 0 Å². The van der Waals surface area contributed by atoms with Gasteiger partial charge in [-0.1, -0.05) is 372 Å². The molecular formula is C75H145NO5. The van der Waals surface area contributed by atoms with Gasteiger partial charge in [-0.15, -0.1) is 0 Å². The number of esters is 1. The van der Waals surface area contributed by atoms with Gasteiger partial charge in [-0.3, -0.25) is 9.59 Å². The fourth-order valence-electron chi connectivity index (χ4n) is 11.8. The number of hydrogen-bond acceptors (Lipinski definition) is 5. The number of aliphatic hydroxyl groups is 2. The van der Waals surface area contributed by atoms with Gasteiger partial charge >= 0.3 is 5.97 Å².